The van der Waals surface area contributed by atoms with Crippen LogP contribution < -0.4 is 15.4 Å². The highest BCUT2D eigenvalue weighted by molar-refractivity contribution is 5.91. The smallest absolute Gasteiger partial charge is 0.242 e. The molecule has 7 nitrogen and oxygen atoms in total. The Morgan fingerprint density at radius 3 is 2.34 bits per heavy atom. The largest absolute Gasteiger partial charge is 0.479 e. The van der Waals surface area contributed by atoms with Crippen molar-refractivity contribution >= 4 is 34.0 Å². The first kappa shape index (κ1) is 21.4. The number of nitrogens with one attached hydrogen (secondary N) is 2. The molecule has 2 aromatic heterocycles. The lowest BCUT2D eigenvalue weighted by atomic mass is 10.00. The number of anilines is 3. The molecular formula is C25H27N5O2. The Morgan fingerprint density at radius 2 is 1.66 bits per heavy atom. The summed E-state index contributed by atoms with van der Waals surface area (Å²) >= 11 is 0. The number of hydrogen-bond donors (Lipinski definition) is 2. The van der Waals surface area contributed by atoms with Crippen molar-refractivity contribution in [3.05, 3.63) is 71.4 Å². The Balaban J connectivity index is 1.41. The fraction of sp³-hybridized carbons (Fsp3) is 0.240. The third kappa shape index (κ3) is 4.42. The topological polar surface area (TPSA) is 81.1 Å². The molecule has 0 fully saturated rings. The number of carbonyl (C=O) groups is 1. The molecule has 0 aliphatic heterocycles. The van der Waals surface area contributed by atoms with E-state index in [1.165, 1.54) is 0 Å². The molecule has 7 heteroatoms. The molecule has 0 aliphatic rings. The molecular weight excluding hydrogens is 402 g/mol. The Kier molecular flexibility index (Phi) is 6.07. The van der Waals surface area contributed by atoms with Crippen molar-refractivity contribution in [1.29, 1.82) is 0 Å². The number of amides is 1. The van der Waals surface area contributed by atoms with Crippen molar-refractivity contribution in [3.8, 4) is 5.88 Å². The summed E-state index contributed by atoms with van der Waals surface area (Å²) in [4.78, 5) is 17.3. The summed E-state index contributed by atoms with van der Waals surface area (Å²) in [6, 6.07) is 17.7. The quantitative estimate of drug-likeness (QED) is 0.436. The number of carbonyl (C=O) groups excluding carboxylic acids is 1. The van der Waals surface area contributed by atoms with E-state index in [0.717, 1.165) is 44.9 Å². The monoisotopic (exact) mass is 429 g/mol. The molecule has 32 heavy (non-hydrogen) atoms. The van der Waals surface area contributed by atoms with E-state index in [9.17, 15) is 4.79 Å². The van der Waals surface area contributed by atoms with E-state index in [0.29, 0.717) is 18.7 Å². The van der Waals surface area contributed by atoms with Gasteiger partial charge in [-0.1, -0.05) is 18.2 Å². The molecule has 0 unspecified atom stereocenters. The minimum atomic E-state index is -0.0363. The van der Waals surface area contributed by atoms with E-state index in [1.54, 1.807) is 11.8 Å². The number of rotatable bonds is 7. The van der Waals surface area contributed by atoms with Gasteiger partial charge in [0.2, 0.25) is 11.8 Å². The normalized spacial score (nSPS) is 10.9. The van der Waals surface area contributed by atoms with Gasteiger partial charge in [0.25, 0.3) is 0 Å². The number of aryl methyl sites for hydroxylation is 3. The third-order valence-corrected chi connectivity index (χ3v) is 5.55. The maximum atomic E-state index is 12.6. The second kappa shape index (κ2) is 9.09. The maximum absolute atomic E-state index is 12.6. The maximum Gasteiger partial charge on any atom is 0.242 e. The van der Waals surface area contributed by atoms with E-state index in [1.807, 2.05) is 75.5 Å². The highest BCUT2D eigenvalue weighted by Crippen LogP contribution is 2.30. The second-order valence-electron chi connectivity index (χ2n) is 7.75. The molecule has 2 N–H and O–H groups in total. The molecule has 0 spiro atoms. The Hall–Kier alpha value is -3.87. The SMILES string of the molecule is COc1nn(C)c2nc(C)c(CCC(=O)Nc3ccc(Nc4ccccc4)cc3)c(C)c12. The summed E-state index contributed by atoms with van der Waals surface area (Å²) in [5, 5.41) is 11.6. The van der Waals surface area contributed by atoms with E-state index in [4.69, 9.17) is 9.72 Å². The number of pyridine rings is 1. The van der Waals surface area contributed by atoms with Gasteiger partial charge in [-0.25, -0.2) is 9.67 Å². The lowest BCUT2D eigenvalue weighted by Crippen LogP contribution is -2.13. The molecule has 0 saturated heterocycles. The zero-order chi connectivity index (χ0) is 22.7. The van der Waals surface area contributed by atoms with Crippen LogP contribution >= 0.6 is 0 Å². The van der Waals surface area contributed by atoms with Crippen molar-refractivity contribution < 1.29 is 9.53 Å². The molecule has 0 radical (unpaired) electrons. The van der Waals surface area contributed by atoms with Crippen molar-refractivity contribution in [1.82, 2.24) is 14.8 Å². The molecule has 4 rings (SSSR count). The summed E-state index contributed by atoms with van der Waals surface area (Å²) in [7, 11) is 3.46. The first-order chi connectivity index (χ1) is 15.5. The molecule has 0 saturated carbocycles. The van der Waals surface area contributed by atoms with Gasteiger partial charge in [-0.2, -0.15) is 0 Å². The number of ether oxygens (including phenoxy) is 1. The number of hydrogen-bond acceptors (Lipinski definition) is 5. The van der Waals surface area contributed by atoms with Gasteiger partial charge in [0.05, 0.1) is 12.5 Å². The van der Waals surface area contributed by atoms with Crippen LogP contribution in [0, 0.1) is 13.8 Å². The van der Waals surface area contributed by atoms with Crippen LogP contribution in [0.15, 0.2) is 54.6 Å². The Labute approximate surface area is 187 Å². The molecule has 4 aromatic rings. The number of fused-ring (bicyclic) bond motifs is 1. The minimum Gasteiger partial charge on any atom is -0.479 e. The first-order valence-corrected chi connectivity index (χ1v) is 10.5. The van der Waals surface area contributed by atoms with E-state index < -0.39 is 0 Å². The lowest BCUT2D eigenvalue weighted by molar-refractivity contribution is -0.116. The number of para-hydroxylation sites is 1. The van der Waals surface area contributed by atoms with Gasteiger partial charge in [0.15, 0.2) is 5.65 Å². The first-order valence-electron chi connectivity index (χ1n) is 10.5. The number of aromatic nitrogens is 3. The van der Waals surface area contributed by atoms with Gasteiger partial charge < -0.3 is 15.4 Å². The van der Waals surface area contributed by atoms with Crippen molar-refractivity contribution in [2.24, 2.45) is 7.05 Å². The zero-order valence-electron chi connectivity index (χ0n) is 18.8. The highest BCUT2D eigenvalue weighted by atomic mass is 16.5. The zero-order valence-corrected chi connectivity index (χ0v) is 18.8. The van der Waals surface area contributed by atoms with Crippen LogP contribution in [-0.2, 0) is 18.3 Å². The summed E-state index contributed by atoms with van der Waals surface area (Å²) in [6.07, 6.45) is 0.958. The van der Waals surface area contributed by atoms with Gasteiger partial charge in [-0.15, -0.1) is 5.10 Å². The average molecular weight is 430 g/mol. The molecule has 1 amide bonds. The molecule has 2 heterocycles. The van der Waals surface area contributed by atoms with Crippen LogP contribution in [0.4, 0.5) is 17.1 Å². The van der Waals surface area contributed by atoms with Crippen LogP contribution in [-0.4, -0.2) is 27.8 Å². The average Bonchev–Trinajstić information content (AvgIpc) is 3.11. The predicted molar refractivity (Wildman–Crippen MR) is 128 cm³/mol. The summed E-state index contributed by atoms with van der Waals surface area (Å²) in [6.45, 7) is 4.00. The van der Waals surface area contributed by atoms with E-state index in [2.05, 4.69) is 15.7 Å². The van der Waals surface area contributed by atoms with Crippen molar-refractivity contribution in [2.45, 2.75) is 26.7 Å². The van der Waals surface area contributed by atoms with Gasteiger partial charge in [0, 0.05) is 36.2 Å². The molecule has 2 aromatic carbocycles. The van der Waals surface area contributed by atoms with Crippen LogP contribution in [0.2, 0.25) is 0 Å². The van der Waals surface area contributed by atoms with Gasteiger partial charge in [-0.3, -0.25) is 4.79 Å². The lowest BCUT2D eigenvalue weighted by Gasteiger charge is -2.12. The van der Waals surface area contributed by atoms with Gasteiger partial charge in [-0.05, 0) is 67.8 Å². The fourth-order valence-electron chi connectivity index (χ4n) is 3.89. The number of methoxy groups -OCH3 is 1. The second-order valence-corrected chi connectivity index (χ2v) is 7.75. The van der Waals surface area contributed by atoms with Gasteiger partial charge in [0.1, 0.15) is 0 Å². The standard InChI is InChI=1S/C25H27N5O2/c1-16-21(17(2)26-24-23(16)25(32-4)29-30(24)3)14-15-22(31)28-20-12-10-19(11-13-20)27-18-8-6-5-7-9-18/h5-13,27H,14-15H2,1-4H3,(H,28,31). The Morgan fingerprint density at radius 1 is 1.00 bits per heavy atom. The minimum absolute atomic E-state index is 0.0363. The van der Waals surface area contributed by atoms with Crippen LogP contribution in [0.25, 0.3) is 11.0 Å². The Bertz CT molecular complexity index is 1250. The van der Waals surface area contributed by atoms with Crippen molar-refractivity contribution in [3.63, 3.8) is 0 Å². The molecule has 0 atom stereocenters. The third-order valence-electron chi connectivity index (χ3n) is 5.55. The van der Waals surface area contributed by atoms with E-state index >= 15 is 0 Å². The van der Waals surface area contributed by atoms with Crippen LogP contribution in [0.5, 0.6) is 5.88 Å². The summed E-state index contributed by atoms with van der Waals surface area (Å²) in [5.74, 6) is 0.522. The molecule has 164 valence electrons. The molecule has 0 aliphatic carbocycles. The van der Waals surface area contributed by atoms with E-state index in [-0.39, 0.29) is 5.91 Å². The fourth-order valence-corrected chi connectivity index (χ4v) is 3.89. The van der Waals surface area contributed by atoms with Crippen molar-refractivity contribution in [2.75, 3.05) is 17.7 Å². The number of nitrogens with zero attached hydrogens (tertiary/aromatic N) is 3. The van der Waals surface area contributed by atoms with Crippen LogP contribution in [0.1, 0.15) is 23.2 Å². The highest BCUT2D eigenvalue weighted by Gasteiger charge is 2.18. The predicted octanol–water partition coefficient (Wildman–Crippen LogP) is 4.91. The summed E-state index contributed by atoms with van der Waals surface area (Å²) in [5.41, 5.74) is 6.56. The number of benzene rings is 2. The van der Waals surface area contributed by atoms with Gasteiger partial charge >= 0.3 is 0 Å². The van der Waals surface area contributed by atoms with Crippen LogP contribution in [0.3, 0.4) is 0 Å². The molecule has 0 bridgehead atoms. The summed E-state index contributed by atoms with van der Waals surface area (Å²) < 4.78 is 7.14.